The van der Waals surface area contributed by atoms with E-state index in [4.69, 9.17) is 0 Å². The van der Waals surface area contributed by atoms with Crippen LogP contribution in [0.25, 0.3) is 0 Å². The lowest BCUT2D eigenvalue weighted by atomic mass is 10.3. The fourth-order valence-corrected chi connectivity index (χ4v) is 1.36. The first-order valence-corrected chi connectivity index (χ1v) is 4.92. The monoisotopic (exact) mass is 213 g/mol. The highest BCUT2D eigenvalue weighted by molar-refractivity contribution is 5.65. The molecule has 80 valence electrons. The average molecular weight is 213 g/mol. The maximum absolute atomic E-state index is 11.6. The molecule has 0 aliphatic rings. The summed E-state index contributed by atoms with van der Waals surface area (Å²) in [7, 11) is 0. The highest BCUT2D eigenvalue weighted by atomic mass is 16.3. The van der Waals surface area contributed by atoms with Crippen molar-refractivity contribution >= 4 is 11.4 Å². The molecular formula is C13H11NO2. The Morgan fingerprint density at radius 3 is 2.25 bits per heavy atom. The molecule has 0 fully saturated rings. The Bertz CT molecular complexity index is 552. The molecule has 2 aromatic rings. The minimum absolute atomic E-state index is 0.117. The van der Waals surface area contributed by atoms with Crippen molar-refractivity contribution in [2.75, 3.05) is 5.32 Å². The molecule has 0 aliphatic carbocycles. The molecule has 16 heavy (non-hydrogen) atoms. The molecule has 2 rings (SSSR count). The van der Waals surface area contributed by atoms with Crippen LogP contribution < -0.4 is 10.7 Å². The van der Waals surface area contributed by atoms with E-state index in [0.717, 1.165) is 0 Å². The first-order chi connectivity index (χ1) is 7.77. The molecule has 0 aromatic heterocycles. The van der Waals surface area contributed by atoms with Gasteiger partial charge in [-0.1, -0.05) is 30.3 Å². The standard InChI is InChI=1S/C13H11NO2/c15-12-8-3-1-2-6-10(12)14-11-7-4-5-9-13(11)16/h1-9,16H,(H,14,15). The lowest BCUT2D eigenvalue weighted by molar-refractivity contribution is 0.478. The van der Waals surface area contributed by atoms with Crippen molar-refractivity contribution in [3.63, 3.8) is 0 Å². The van der Waals surface area contributed by atoms with Gasteiger partial charge in [0, 0.05) is 0 Å². The molecule has 3 nitrogen and oxygen atoms in total. The number of para-hydroxylation sites is 2. The van der Waals surface area contributed by atoms with E-state index in [9.17, 15) is 9.90 Å². The molecule has 0 spiro atoms. The second kappa shape index (κ2) is 4.49. The summed E-state index contributed by atoms with van der Waals surface area (Å²) >= 11 is 0. The van der Waals surface area contributed by atoms with Crippen molar-refractivity contribution in [1.29, 1.82) is 0 Å². The zero-order valence-corrected chi connectivity index (χ0v) is 8.55. The number of anilines is 2. The van der Waals surface area contributed by atoms with Crippen LogP contribution in [-0.2, 0) is 0 Å². The van der Waals surface area contributed by atoms with E-state index in [2.05, 4.69) is 5.32 Å². The Labute approximate surface area is 93.0 Å². The number of hydrogen-bond acceptors (Lipinski definition) is 3. The van der Waals surface area contributed by atoms with Gasteiger partial charge in [0.2, 0.25) is 5.43 Å². The summed E-state index contributed by atoms with van der Waals surface area (Å²) in [5, 5.41) is 12.5. The van der Waals surface area contributed by atoms with Gasteiger partial charge in [-0.05, 0) is 24.3 Å². The normalized spacial score (nSPS) is 9.75. The molecule has 0 saturated heterocycles. The van der Waals surface area contributed by atoms with Gasteiger partial charge in [-0.15, -0.1) is 0 Å². The van der Waals surface area contributed by atoms with E-state index in [0.29, 0.717) is 11.4 Å². The van der Waals surface area contributed by atoms with E-state index < -0.39 is 0 Å². The summed E-state index contributed by atoms with van der Waals surface area (Å²) in [6, 6.07) is 15.2. The Kier molecular flexibility index (Phi) is 2.87. The van der Waals surface area contributed by atoms with E-state index >= 15 is 0 Å². The van der Waals surface area contributed by atoms with Crippen molar-refractivity contribution in [2.24, 2.45) is 0 Å². The van der Waals surface area contributed by atoms with Gasteiger partial charge >= 0.3 is 0 Å². The maximum atomic E-state index is 11.6. The molecule has 0 radical (unpaired) electrons. The fraction of sp³-hybridized carbons (Fsp3) is 0. The smallest absolute Gasteiger partial charge is 0.201 e. The van der Waals surface area contributed by atoms with Crippen LogP contribution in [0.1, 0.15) is 0 Å². The molecule has 0 saturated carbocycles. The van der Waals surface area contributed by atoms with E-state index in [-0.39, 0.29) is 11.2 Å². The third kappa shape index (κ3) is 2.20. The number of hydrogen-bond donors (Lipinski definition) is 2. The van der Waals surface area contributed by atoms with Gasteiger partial charge < -0.3 is 10.4 Å². The van der Waals surface area contributed by atoms with Gasteiger partial charge in [0.15, 0.2) is 0 Å². The van der Waals surface area contributed by atoms with E-state index in [1.807, 2.05) is 0 Å². The van der Waals surface area contributed by atoms with Crippen LogP contribution in [0.4, 0.5) is 11.4 Å². The minimum atomic E-state index is -0.117. The van der Waals surface area contributed by atoms with Gasteiger partial charge in [0.05, 0.1) is 11.4 Å². The van der Waals surface area contributed by atoms with Crippen molar-refractivity contribution in [3.05, 3.63) is 64.8 Å². The Morgan fingerprint density at radius 2 is 1.44 bits per heavy atom. The summed E-state index contributed by atoms with van der Waals surface area (Å²) < 4.78 is 0. The van der Waals surface area contributed by atoms with Gasteiger partial charge in [-0.3, -0.25) is 4.79 Å². The van der Waals surface area contributed by atoms with Gasteiger partial charge in [0.25, 0.3) is 0 Å². The average Bonchev–Trinajstić information content (AvgIpc) is 2.48. The molecule has 0 amide bonds. The summed E-state index contributed by atoms with van der Waals surface area (Å²) in [4.78, 5) is 11.6. The summed E-state index contributed by atoms with van der Waals surface area (Å²) in [6.07, 6.45) is 0. The summed E-state index contributed by atoms with van der Waals surface area (Å²) in [5.74, 6) is 0.119. The SMILES string of the molecule is O=c1cccccc1Nc1ccccc1O. The zero-order chi connectivity index (χ0) is 11.4. The van der Waals surface area contributed by atoms with Gasteiger partial charge in [0.1, 0.15) is 5.75 Å². The predicted molar refractivity (Wildman–Crippen MR) is 64.1 cm³/mol. The Morgan fingerprint density at radius 1 is 0.812 bits per heavy atom. The van der Waals surface area contributed by atoms with Crippen molar-refractivity contribution in [2.45, 2.75) is 0 Å². The highest BCUT2D eigenvalue weighted by Crippen LogP contribution is 2.23. The highest BCUT2D eigenvalue weighted by Gasteiger charge is 2.01. The second-order valence-corrected chi connectivity index (χ2v) is 3.33. The van der Waals surface area contributed by atoms with Gasteiger partial charge in [-0.25, -0.2) is 0 Å². The lowest BCUT2D eigenvalue weighted by Gasteiger charge is -2.05. The molecule has 0 heterocycles. The molecule has 2 aromatic carbocycles. The summed E-state index contributed by atoms with van der Waals surface area (Å²) in [5.41, 5.74) is 0.838. The van der Waals surface area contributed by atoms with Crippen molar-refractivity contribution in [1.82, 2.24) is 0 Å². The minimum Gasteiger partial charge on any atom is -0.506 e. The number of aromatic hydroxyl groups is 1. The van der Waals surface area contributed by atoms with Crippen molar-refractivity contribution in [3.8, 4) is 5.75 Å². The summed E-state index contributed by atoms with van der Waals surface area (Å²) in [6.45, 7) is 0. The van der Waals surface area contributed by atoms with Crippen LogP contribution in [0.5, 0.6) is 5.75 Å². The molecule has 0 bridgehead atoms. The van der Waals surface area contributed by atoms with Crippen molar-refractivity contribution < 1.29 is 5.11 Å². The van der Waals surface area contributed by atoms with E-state index in [1.54, 1.807) is 48.5 Å². The molecular weight excluding hydrogens is 202 g/mol. The van der Waals surface area contributed by atoms with Crippen LogP contribution in [0.15, 0.2) is 59.4 Å². The molecule has 0 unspecified atom stereocenters. The molecule has 2 N–H and O–H groups in total. The Hall–Kier alpha value is -2.29. The lowest BCUT2D eigenvalue weighted by Crippen LogP contribution is -2.03. The number of rotatable bonds is 2. The first-order valence-electron chi connectivity index (χ1n) is 4.92. The fourth-order valence-electron chi connectivity index (χ4n) is 1.36. The van der Waals surface area contributed by atoms with E-state index in [1.165, 1.54) is 6.07 Å². The van der Waals surface area contributed by atoms with Crippen LogP contribution in [0.3, 0.4) is 0 Å². The maximum Gasteiger partial charge on any atom is 0.201 e. The third-order valence-corrected chi connectivity index (χ3v) is 2.17. The largest absolute Gasteiger partial charge is 0.506 e. The number of benzene rings is 1. The molecule has 0 atom stereocenters. The number of phenols is 1. The third-order valence-electron chi connectivity index (χ3n) is 2.17. The zero-order valence-electron chi connectivity index (χ0n) is 8.55. The number of nitrogens with one attached hydrogen (secondary N) is 1. The van der Waals surface area contributed by atoms with Crippen LogP contribution >= 0.6 is 0 Å². The van der Waals surface area contributed by atoms with Crippen LogP contribution in [0, 0.1) is 0 Å². The van der Waals surface area contributed by atoms with Crippen LogP contribution in [0.2, 0.25) is 0 Å². The molecule has 0 aliphatic heterocycles. The number of phenolic OH excluding ortho intramolecular Hbond substituents is 1. The molecule has 3 heteroatoms. The predicted octanol–water partition coefficient (Wildman–Crippen LogP) is 2.50. The van der Waals surface area contributed by atoms with Gasteiger partial charge in [-0.2, -0.15) is 0 Å². The Balaban J connectivity index is 2.39. The van der Waals surface area contributed by atoms with Crippen LogP contribution in [-0.4, -0.2) is 5.11 Å². The first kappa shape index (κ1) is 10.2. The quantitative estimate of drug-likeness (QED) is 0.753. The topological polar surface area (TPSA) is 49.3 Å². The second-order valence-electron chi connectivity index (χ2n) is 3.33.